The van der Waals surface area contributed by atoms with Gasteiger partial charge in [0.15, 0.2) is 0 Å². The van der Waals surface area contributed by atoms with E-state index in [9.17, 15) is 9.50 Å². The third-order valence-corrected chi connectivity index (χ3v) is 3.72. The van der Waals surface area contributed by atoms with Gasteiger partial charge in [0.25, 0.3) is 0 Å². The molecule has 1 aliphatic rings. The lowest BCUT2D eigenvalue weighted by Crippen LogP contribution is -2.42. The second-order valence-corrected chi connectivity index (χ2v) is 5.43. The summed E-state index contributed by atoms with van der Waals surface area (Å²) in [5.41, 5.74) is 0.654. The van der Waals surface area contributed by atoms with Gasteiger partial charge >= 0.3 is 0 Å². The fraction of sp³-hybridized carbons (Fsp3) is 0.538. The smallest absolute Gasteiger partial charge is 0.125 e. The van der Waals surface area contributed by atoms with Crippen molar-refractivity contribution in [2.24, 2.45) is 0 Å². The van der Waals surface area contributed by atoms with Crippen LogP contribution < -0.4 is 5.32 Å². The van der Waals surface area contributed by atoms with E-state index in [4.69, 9.17) is 4.74 Å². The normalized spacial score (nSPS) is 18.3. The summed E-state index contributed by atoms with van der Waals surface area (Å²) in [7, 11) is 0. The van der Waals surface area contributed by atoms with Gasteiger partial charge in [-0.1, -0.05) is 0 Å². The molecule has 2 rings (SSSR count). The van der Waals surface area contributed by atoms with E-state index in [0.29, 0.717) is 18.8 Å². The van der Waals surface area contributed by atoms with E-state index in [2.05, 4.69) is 26.1 Å². The van der Waals surface area contributed by atoms with Crippen LogP contribution >= 0.6 is 15.9 Å². The van der Waals surface area contributed by atoms with Crippen LogP contribution in [0.1, 0.15) is 0 Å². The summed E-state index contributed by atoms with van der Waals surface area (Å²) in [6.45, 7) is 4.12. The molecular weight excluding hydrogens is 315 g/mol. The minimum Gasteiger partial charge on any atom is -0.390 e. The van der Waals surface area contributed by atoms with Gasteiger partial charge in [-0.25, -0.2) is 4.39 Å². The summed E-state index contributed by atoms with van der Waals surface area (Å²) in [6, 6.07) is 4.44. The molecule has 1 aromatic rings. The molecule has 1 saturated heterocycles. The minimum atomic E-state index is -0.492. The number of aliphatic hydroxyl groups excluding tert-OH is 1. The zero-order valence-electron chi connectivity index (χ0n) is 10.6. The number of ether oxygens (including phenoxy) is 1. The third-order valence-electron chi connectivity index (χ3n) is 3.03. The Kier molecular flexibility index (Phi) is 5.57. The molecule has 0 aliphatic carbocycles. The van der Waals surface area contributed by atoms with Crippen molar-refractivity contribution in [2.45, 2.75) is 6.10 Å². The monoisotopic (exact) mass is 332 g/mol. The second-order valence-electron chi connectivity index (χ2n) is 4.57. The number of hydrogen-bond acceptors (Lipinski definition) is 4. The number of benzene rings is 1. The molecule has 0 saturated carbocycles. The van der Waals surface area contributed by atoms with E-state index in [1.54, 1.807) is 6.07 Å². The predicted octanol–water partition coefficient (Wildman–Crippen LogP) is 1.69. The van der Waals surface area contributed by atoms with Crippen LogP contribution in [0.25, 0.3) is 0 Å². The summed E-state index contributed by atoms with van der Waals surface area (Å²) in [5, 5.41) is 13.0. The van der Waals surface area contributed by atoms with Gasteiger partial charge in [0.05, 0.1) is 25.0 Å². The molecule has 19 heavy (non-hydrogen) atoms. The summed E-state index contributed by atoms with van der Waals surface area (Å²) < 4.78 is 19.1. The zero-order valence-corrected chi connectivity index (χ0v) is 12.2. The van der Waals surface area contributed by atoms with Crippen molar-refractivity contribution in [3.05, 3.63) is 28.5 Å². The molecule has 0 amide bonds. The van der Waals surface area contributed by atoms with Crippen molar-refractivity contribution in [1.29, 1.82) is 0 Å². The average molecular weight is 333 g/mol. The van der Waals surface area contributed by atoms with Crippen LogP contribution in [-0.2, 0) is 4.74 Å². The molecule has 1 fully saturated rings. The lowest BCUT2D eigenvalue weighted by Gasteiger charge is -2.28. The fourth-order valence-electron chi connectivity index (χ4n) is 2.01. The highest BCUT2D eigenvalue weighted by Crippen LogP contribution is 2.22. The molecule has 1 aliphatic heterocycles. The largest absolute Gasteiger partial charge is 0.390 e. The number of morpholine rings is 1. The molecule has 0 radical (unpaired) electrons. The van der Waals surface area contributed by atoms with E-state index in [0.717, 1.165) is 30.8 Å². The highest BCUT2D eigenvalue weighted by molar-refractivity contribution is 9.10. The molecule has 0 aromatic heterocycles. The van der Waals surface area contributed by atoms with Crippen LogP contribution in [0.4, 0.5) is 10.1 Å². The quantitative estimate of drug-likeness (QED) is 0.861. The number of rotatable bonds is 5. The Morgan fingerprint density at radius 1 is 1.42 bits per heavy atom. The second kappa shape index (κ2) is 7.19. The first-order valence-corrected chi connectivity index (χ1v) is 7.11. The topological polar surface area (TPSA) is 44.7 Å². The van der Waals surface area contributed by atoms with Gasteiger partial charge in [-0.15, -0.1) is 0 Å². The first-order valence-electron chi connectivity index (χ1n) is 6.32. The van der Waals surface area contributed by atoms with Crippen LogP contribution in [0.15, 0.2) is 22.7 Å². The summed E-state index contributed by atoms with van der Waals surface area (Å²) in [4.78, 5) is 2.16. The van der Waals surface area contributed by atoms with Crippen LogP contribution in [0.3, 0.4) is 0 Å². The first-order chi connectivity index (χ1) is 9.15. The van der Waals surface area contributed by atoms with Gasteiger partial charge in [0.1, 0.15) is 5.82 Å². The minimum absolute atomic E-state index is 0.298. The van der Waals surface area contributed by atoms with Gasteiger partial charge in [-0.05, 0) is 34.1 Å². The molecule has 0 bridgehead atoms. The molecule has 106 valence electrons. The van der Waals surface area contributed by atoms with Crippen LogP contribution in [0.5, 0.6) is 0 Å². The Balaban J connectivity index is 1.79. The van der Waals surface area contributed by atoms with Crippen molar-refractivity contribution in [3.63, 3.8) is 0 Å². The average Bonchev–Trinajstić information content (AvgIpc) is 2.41. The maximum Gasteiger partial charge on any atom is 0.125 e. The van der Waals surface area contributed by atoms with E-state index in [1.165, 1.54) is 12.1 Å². The number of nitrogens with one attached hydrogen (secondary N) is 1. The highest BCUT2D eigenvalue weighted by Gasteiger charge is 2.15. The molecule has 6 heteroatoms. The standard InChI is InChI=1S/C13H18BrFN2O2/c14-12-2-1-10(15)7-13(12)16-8-11(18)9-17-3-5-19-6-4-17/h1-2,7,11,16,18H,3-6,8-9H2. The number of β-amino-alcohol motifs (C(OH)–C–C–N with tert-alkyl or cyclic N) is 1. The lowest BCUT2D eigenvalue weighted by molar-refractivity contribution is 0.0171. The lowest BCUT2D eigenvalue weighted by atomic mass is 10.2. The molecule has 1 aromatic carbocycles. The van der Waals surface area contributed by atoms with Gasteiger partial charge in [0, 0.05) is 30.7 Å². The van der Waals surface area contributed by atoms with Crippen LogP contribution in [0, 0.1) is 5.82 Å². The Morgan fingerprint density at radius 3 is 2.89 bits per heavy atom. The molecule has 4 nitrogen and oxygen atoms in total. The Labute approximate surface area is 120 Å². The Hall–Kier alpha value is -0.690. The van der Waals surface area contributed by atoms with Gasteiger partial charge in [-0.3, -0.25) is 4.90 Å². The number of halogens is 2. The maximum atomic E-state index is 13.1. The number of aliphatic hydroxyl groups is 1. The first kappa shape index (κ1) is 14.7. The van der Waals surface area contributed by atoms with Gasteiger partial charge < -0.3 is 15.2 Å². The van der Waals surface area contributed by atoms with E-state index in [1.807, 2.05) is 0 Å². The van der Waals surface area contributed by atoms with Crippen molar-refractivity contribution >= 4 is 21.6 Å². The molecule has 0 spiro atoms. The fourth-order valence-corrected chi connectivity index (χ4v) is 2.39. The molecule has 1 atom stereocenters. The Morgan fingerprint density at radius 2 is 2.16 bits per heavy atom. The molecule has 1 heterocycles. The Bertz CT molecular complexity index is 414. The molecule has 2 N–H and O–H groups in total. The summed E-state index contributed by atoms with van der Waals surface area (Å²) in [5.74, 6) is -0.298. The predicted molar refractivity (Wildman–Crippen MR) is 75.9 cm³/mol. The van der Waals surface area contributed by atoms with E-state index in [-0.39, 0.29) is 5.82 Å². The van der Waals surface area contributed by atoms with Gasteiger partial charge in [0.2, 0.25) is 0 Å². The maximum absolute atomic E-state index is 13.1. The third kappa shape index (κ3) is 4.72. The number of hydrogen-bond donors (Lipinski definition) is 2. The van der Waals surface area contributed by atoms with Crippen LogP contribution in [-0.4, -0.2) is 55.5 Å². The van der Waals surface area contributed by atoms with E-state index < -0.39 is 6.10 Å². The highest BCUT2D eigenvalue weighted by atomic mass is 79.9. The van der Waals surface area contributed by atoms with Crippen molar-refractivity contribution in [3.8, 4) is 0 Å². The van der Waals surface area contributed by atoms with Crippen LogP contribution in [0.2, 0.25) is 0 Å². The SMILES string of the molecule is OC(CNc1cc(F)ccc1Br)CN1CCOCC1. The van der Waals surface area contributed by atoms with E-state index >= 15 is 0 Å². The van der Waals surface area contributed by atoms with Crippen molar-refractivity contribution in [2.75, 3.05) is 44.7 Å². The summed E-state index contributed by atoms with van der Waals surface area (Å²) >= 11 is 3.34. The molecular formula is C13H18BrFN2O2. The number of nitrogens with zero attached hydrogens (tertiary/aromatic N) is 1. The van der Waals surface area contributed by atoms with Crippen molar-refractivity contribution in [1.82, 2.24) is 4.90 Å². The zero-order chi connectivity index (χ0) is 13.7. The number of anilines is 1. The van der Waals surface area contributed by atoms with Gasteiger partial charge in [-0.2, -0.15) is 0 Å². The van der Waals surface area contributed by atoms with Crippen molar-refractivity contribution < 1.29 is 14.2 Å². The molecule has 1 unspecified atom stereocenters. The summed E-state index contributed by atoms with van der Waals surface area (Å²) in [6.07, 6.45) is -0.492.